The molecule has 4 rings (SSSR count). The lowest BCUT2D eigenvalue weighted by atomic mass is 10.0. The molecule has 0 unspecified atom stereocenters. The Hall–Kier alpha value is -3.50. The van der Waals surface area contributed by atoms with Crippen molar-refractivity contribution >= 4 is 22.8 Å². The molecule has 1 fully saturated rings. The zero-order chi connectivity index (χ0) is 23.2. The number of fused-ring (bicyclic) bond motifs is 1. The molecule has 1 amide bonds. The minimum absolute atomic E-state index is 0.00486. The maximum atomic E-state index is 14.6. The van der Waals surface area contributed by atoms with Crippen LogP contribution in [0.5, 0.6) is 0 Å². The molecule has 1 aliphatic heterocycles. The van der Waals surface area contributed by atoms with Crippen LogP contribution < -0.4 is 10.9 Å². The van der Waals surface area contributed by atoms with E-state index in [1.807, 2.05) is 0 Å². The van der Waals surface area contributed by atoms with Gasteiger partial charge >= 0.3 is 0 Å². The van der Waals surface area contributed by atoms with Crippen molar-refractivity contribution < 1.29 is 22.4 Å². The van der Waals surface area contributed by atoms with Crippen LogP contribution in [0.15, 0.2) is 35.4 Å². The molecule has 7 nitrogen and oxygen atoms in total. The van der Waals surface area contributed by atoms with Gasteiger partial charge in [0.25, 0.3) is 17.9 Å². The third-order valence-corrected chi connectivity index (χ3v) is 5.47. The van der Waals surface area contributed by atoms with Crippen molar-refractivity contribution in [2.75, 3.05) is 18.4 Å². The Labute approximate surface area is 179 Å². The summed E-state index contributed by atoms with van der Waals surface area (Å²) in [5, 5.41) is 3.25. The lowest BCUT2D eigenvalue weighted by Gasteiger charge is -2.34. The first-order chi connectivity index (χ1) is 15.2. The topological polar surface area (TPSA) is 80.1 Å². The second kappa shape index (κ2) is 8.21. The molecule has 1 saturated heterocycles. The summed E-state index contributed by atoms with van der Waals surface area (Å²) in [6.07, 6.45) is -2.90. The number of nitrogens with one attached hydrogen (secondary N) is 1. The second-order valence-electron chi connectivity index (χ2n) is 7.61. The minimum Gasteiger partial charge on any atom is -0.363 e. The molecule has 0 aliphatic carbocycles. The average molecular weight is 449 g/mol. The maximum Gasteiger partial charge on any atom is 0.266 e. The van der Waals surface area contributed by atoms with Crippen LogP contribution in [-0.2, 0) is 7.05 Å². The number of hydrogen-bond donors (Lipinski definition) is 1. The predicted octanol–water partition coefficient (Wildman–Crippen LogP) is 3.37. The van der Waals surface area contributed by atoms with Gasteiger partial charge in [-0.15, -0.1) is 0 Å². The predicted molar refractivity (Wildman–Crippen MR) is 109 cm³/mol. The van der Waals surface area contributed by atoms with Crippen LogP contribution in [0.3, 0.4) is 0 Å². The quantitative estimate of drug-likeness (QED) is 0.605. The standard InChI is InChI=1S/C21H19F4N5O2/c1-10(12-4-3-5-13(16(12)23)17(24)25)28-18-14-6-15(21(32)30-7-11(22)8-30)20(31)29(2)19(14)27-9-26-18/h3-6,9-11,17H,7-8H2,1-2H3,(H,26,27,28)/t10-/m1/s1. The number of carbonyl (C=O) groups is 1. The number of anilines is 1. The van der Waals surface area contributed by atoms with Gasteiger partial charge < -0.3 is 10.2 Å². The summed E-state index contributed by atoms with van der Waals surface area (Å²) in [6, 6.07) is 4.27. The zero-order valence-corrected chi connectivity index (χ0v) is 17.2. The van der Waals surface area contributed by atoms with Gasteiger partial charge in [-0.2, -0.15) is 0 Å². The van der Waals surface area contributed by atoms with Crippen molar-refractivity contribution in [1.29, 1.82) is 0 Å². The fourth-order valence-corrected chi connectivity index (χ4v) is 3.65. The molecule has 1 aliphatic rings. The van der Waals surface area contributed by atoms with Crippen LogP contribution in [0.25, 0.3) is 11.0 Å². The van der Waals surface area contributed by atoms with Gasteiger partial charge in [0, 0.05) is 12.6 Å². The zero-order valence-electron chi connectivity index (χ0n) is 17.2. The van der Waals surface area contributed by atoms with E-state index >= 15 is 0 Å². The van der Waals surface area contributed by atoms with Gasteiger partial charge in [0.15, 0.2) is 0 Å². The van der Waals surface area contributed by atoms with E-state index in [0.717, 1.165) is 6.07 Å². The maximum absolute atomic E-state index is 14.6. The van der Waals surface area contributed by atoms with Crippen LogP contribution in [0.4, 0.5) is 23.4 Å². The third kappa shape index (κ3) is 3.67. The molecule has 0 spiro atoms. The Kier molecular flexibility index (Phi) is 5.57. The highest BCUT2D eigenvalue weighted by atomic mass is 19.3. The van der Waals surface area contributed by atoms with Crippen LogP contribution in [-0.4, -0.2) is 44.6 Å². The Balaban J connectivity index is 1.74. The molecule has 0 saturated carbocycles. The fraction of sp³-hybridized carbons (Fsp3) is 0.333. The number of halogens is 4. The summed E-state index contributed by atoms with van der Waals surface area (Å²) in [4.78, 5) is 34.8. The number of aryl methyl sites for hydroxylation is 1. The van der Waals surface area contributed by atoms with Gasteiger partial charge in [-0.25, -0.2) is 27.5 Å². The van der Waals surface area contributed by atoms with E-state index in [4.69, 9.17) is 0 Å². The molecule has 3 aromatic rings. The molecular weight excluding hydrogens is 430 g/mol. The van der Waals surface area contributed by atoms with Crippen molar-refractivity contribution in [3.8, 4) is 0 Å². The lowest BCUT2D eigenvalue weighted by molar-refractivity contribution is 0.0398. The van der Waals surface area contributed by atoms with E-state index < -0.39 is 41.5 Å². The fourth-order valence-electron chi connectivity index (χ4n) is 3.65. The van der Waals surface area contributed by atoms with Gasteiger partial charge in [0.2, 0.25) is 0 Å². The number of carbonyl (C=O) groups excluding carboxylic acids is 1. The molecule has 2 aromatic heterocycles. The van der Waals surface area contributed by atoms with Crippen LogP contribution in [0.1, 0.15) is 40.9 Å². The van der Waals surface area contributed by atoms with Crippen molar-refractivity contribution in [3.05, 3.63) is 63.5 Å². The number of alkyl halides is 3. The molecule has 168 valence electrons. The largest absolute Gasteiger partial charge is 0.363 e. The van der Waals surface area contributed by atoms with Gasteiger partial charge in [-0.3, -0.25) is 14.2 Å². The number of amides is 1. The monoisotopic (exact) mass is 449 g/mol. The van der Waals surface area contributed by atoms with E-state index in [-0.39, 0.29) is 35.7 Å². The lowest BCUT2D eigenvalue weighted by Crippen LogP contribution is -2.52. The Morgan fingerprint density at radius 1 is 1.22 bits per heavy atom. The number of benzene rings is 1. The number of hydrogen-bond acceptors (Lipinski definition) is 5. The summed E-state index contributed by atoms with van der Waals surface area (Å²) >= 11 is 0. The summed E-state index contributed by atoms with van der Waals surface area (Å²) in [5.74, 6) is -1.46. The smallest absolute Gasteiger partial charge is 0.266 e. The van der Waals surface area contributed by atoms with Crippen LogP contribution in [0, 0.1) is 5.82 Å². The van der Waals surface area contributed by atoms with Gasteiger partial charge in [0.1, 0.15) is 35.3 Å². The van der Waals surface area contributed by atoms with Crippen LogP contribution >= 0.6 is 0 Å². The second-order valence-corrected chi connectivity index (χ2v) is 7.61. The number of likely N-dealkylation sites (tertiary alicyclic amines) is 1. The minimum atomic E-state index is -2.96. The normalized spacial score (nSPS) is 15.2. The first-order valence-corrected chi connectivity index (χ1v) is 9.80. The van der Waals surface area contributed by atoms with Gasteiger partial charge in [0.05, 0.1) is 30.1 Å². The highest BCUT2D eigenvalue weighted by Gasteiger charge is 2.33. The van der Waals surface area contributed by atoms with Gasteiger partial charge in [-0.05, 0) is 13.0 Å². The molecule has 1 aromatic carbocycles. The molecule has 0 radical (unpaired) electrons. The van der Waals surface area contributed by atoms with E-state index in [2.05, 4.69) is 15.3 Å². The summed E-state index contributed by atoms with van der Waals surface area (Å²) in [7, 11) is 1.43. The Morgan fingerprint density at radius 3 is 2.56 bits per heavy atom. The molecule has 11 heteroatoms. The summed E-state index contributed by atoms with van der Waals surface area (Å²) < 4.78 is 55.0. The summed E-state index contributed by atoms with van der Waals surface area (Å²) in [6.45, 7) is 1.39. The Bertz CT molecular complexity index is 1260. The van der Waals surface area contributed by atoms with Gasteiger partial charge in [-0.1, -0.05) is 18.2 Å². The molecule has 3 heterocycles. The molecular formula is C21H19F4N5O2. The Morgan fingerprint density at radius 2 is 1.91 bits per heavy atom. The number of aromatic nitrogens is 3. The van der Waals surface area contributed by atoms with Crippen molar-refractivity contribution in [2.45, 2.75) is 25.6 Å². The highest BCUT2D eigenvalue weighted by Crippen LogP contribution is 2.30. The SMILES string of the molecule is C[C@@H](Nc1ncnc2c1cc(C(=O)N1CC(F)C1)c(=O)n2C)c1cccc(C(F)F)c1F. The average Bonchev–Trinajstić information content (AvgIpc) is 2.73. The van der Waals surface area contributed by atoms with Crippen molar-refractivity contribution in [1.82, 2.24) is 19.4 Å². The number of rotatable bonds is 5. The van der Waals surface area contributed by atoms with E-state index in [1.165, 1.54) is 41.0 Å². The first kappa shape index (κ1) is 21.7. The first-order valence-electron chi connectivity index (χ1n) is 9.80. The van der Waals surface area contributed by atoms with E-state index in [1.54, 1.807) is 6.92 Å². The summed E-state index contributed by atoms with van der Waals surface area (Å²) in [5.41, 5.74) is -1.27. The number of pyridine rings is 1. The molecule has 0 bridgehead atoms. The molecule has 1 atom stereocenters. The van der Waals surface area contributed by atoms with Crippen molar-refractivity contribution in [2.24, 2.45) is 7.05 Å². The van der Waals surface area contributed by atoms with E-state index in [9.17, 15) is 27.2 Å². The highest BCUT2D eigenvalue weighted by molar-refractivity contribution is 5.99. The molecule has 1 N–H and O–H groups in total. The van der Waals surface area contributed by atoms with Crippen molar-refractivity contribution in [3.63, 3.8) is 0 Å². The third-order valence-electron chi connectivity index (χ3n) is 5.47. The number of nitrogens with zero attached hydrogens (tertiary/aromatic N) is 4. The van der Waals surface area contributed by atoms with Crippen LogP contribution in [0.2, 0.25) is 0 Å². The van der Waals surface area contributed by atoms with E-state index in [0.29, 0.717) is 5.39 Å². The molecule has 32 heavy (non-hydrogen) atoms.